The van der Waals surface area contributed by atoms with Crippen molar-refractivity contribution in [1.29, 1.82) is 5.26 Å². The van der Waals surface area contributed by atoms with Gasteiger partial charge in [-0.1, -0.05) is 5.11 Å². The van der Waals surface area contributed by atoms with E-state index in [2.05, 4.69) is 21.4 Å². The Morgan fingerprint density at radius 2 is 2.21 bits per heavy atom. The highest BCUT2D eigenvalue weighted by atomic mass is 16.2. The van der Waals surface area contributed by atoms with Crippen LogP contribution in [-0.2, 0) is 4.79 Å². The molecule has 0 aromatic heterocycles. The fraction of sp³-hybridized carbons (Fsp3) is 0.833. The third-order valence-corrected chi connectivity index (χ3v) is 3.13. The second-order valence-corrected chi connectivity index (χ2v) is 4.59. The smallest absolute Gasteiger partial charge is 0.225 e. The van der Waals surface area contributed by atoms with Gasteiger partial charge in [0.15, 0.2) is 0 Å². The van der Waals surface area contributed by atoms with Crippen LogP contribution in [0, 0.1) is 11.3 Å². The minimum atomic E-state index is -0.458. The summed E-state index contributed by atoms with van der Waals surface area (Å²) in [4.78, 5) is 16.5. The van der Waals surface area contributed by atoms with E-state index in [9.17, 15) is 4.79 Å². The summed E-state index contributed by atoms with van der Waals surface area (Å²) in [6, 6.07) is 1.64. The Morgan fingerprint density at radius 1 is 1.47 bits per heavy atom. The second kappa shape index (κ2) is 9.20. The molecule has 7 nitrogen and oxygen atoms in total. The molecule has 19 heavy (non-hydrogen) atoms. The predicted octanol–water partition coefficient (Wildman–Crippen LogP) is 1.57. The van der Waals surface area contributed by atoms with Crippen molar-refractivity contribution in [1.82, 2.24) is 10.2 Å². The molecule has 1 rings (SSSR count). The molecule has 0 radical (unpaired) electrons. The number of hydrogen-bond acceptors (Lipinski definition) is 4. The molecule has 1 heterocycles. The average molecular weight is 264 g/mol. The van der Waals surface area contributed by atoms with Crippen molar-refractivity contribution >= 4 is 5.91 Å². The average Bonchev–Trinajstić information content (AvgIpc) is 2.46. The molecule has 1 amide bonds. The number of piperidine rings is 1. The maximum atomic E-state index is 12.0. The summed E-state index contributed by atoms with van der Waals surface area (Å²) in [7, 11) is 0. The highest BCUT2D eigenvalue weighted by molar-refractivity contribution is 5.77. The molecule has 1 unspecified atom stereocenters. The van der Waals surface area contributed by atoms with Crippen LogP contribution in [0.1, 0.15) is 32.1 Å². The highest BCUT2D eigenvalue weighted by Crippen LogP contribution is 2.10. The quantitative estimate of drug-likeness (QED) is 0.326. The van der Waals surface area contributed by atoms with Crippen LogP contribution in [0.3, 0.4) is 0 Å². The Balaban J connectivity index is 2.25. The van der Waals surface area contributed by atoms with E-state index in [-0.39, 0.29) is 12.3 Å². The van der Waals surface area contributed by atoms with Crippen molar-refractivity contribution in [2.75, 3.05) is 26.2 Å². The largest absolute Gasteiger partial charge is 0.343 e. The lowest BCUT2D eigenvalue weighted by Gasteiger charge is -2.27. The number of hydrogen-bond donors (Lipinski definition) is 1. The summed E-state index contributed by atoms with van der Waals surface area (Å²) in [5, 5.41) is 15.4. The number of nitrogens with zero attached hydrogens (tertiary/aromatic N) is 5. The van der Waals surface area contributed by atoms with Crippen LogP contribution < -0.4 is 5.32 Å². The number of rotatable bonds is 7. The van der Waals surface area contributed by atoms with Crippen LogP contribution >= 0.6 is 0 Å². The van der Waals surface area contributed by atoms with Crippen molar-refractivity contribution in [3.05, 3.63) is 10.4 Å². The van der Waals surface area contributed by atoms with Crippen LogP contribution in [0.4, 0.5) is 0 Å². The van der Waals surface area contributed by atoms with Gasteiger partial charge in [-0.25, -0.2) is 0 Å². The number of carbonyl (C=O) groups excluding carboxylic acids is 1. The Bertz CT molecular complexity index is 365. The first-order chi connectivity index (χ1) is 9.27. The molecule has 0 aliphatic carbocycles. The molecule has 1 N–H and O–H groups in total. The molecule has 0 bridgehead atoms. The van der Waals surface area contributed by atoms with Gasteiger partial charge in [0.1, 0.15) is 6.04 Å². The lowest BCUT2D eigenvalue weighted by Crippen LogP contribution is -2.40. The molecule has 0 spiro atoms. The lowest BCUT2D eigenvalue weighted by atomic mass is 10.1. The second-order valence-electron chi connectivity index (χ2n) is 4.59. The Labute approximate surface area is 113 Å². The Kier molecular flexibility index (Phi) is 7.40. The number of likely N-dealkylation sites (tertiary alicyclic amines) is 1. The lowest BCUT2D eigenvalue weighted by molar-refractivity contribution is -0.132. The molecule has 1 saturated heterocycles. The summed E-state index contributed by atoms with van der Waals surface area (Å²) >= 11 is 0. The van der Waals surface area contributed by atoms with Gasteiger partial charge in [-0.15, -0.1) is 0 Å². The van der Waals surface area contributed by atoms with Gasteiger partial charge >= 0.3 is 0 Å². The molecule has 1 aliphatic rings. The standard InChI is InChI=1S/C12H20N6O/c13-10-11(15-5-4-6-16-17-14)9-12(19)18-7-2-1-3-8-18/h11,15H,1-9H2. The number of amides is 1. The zero-order chi connectivity index (χ0) is 13.9. The molecule has 0 saturated carbocycles. The first kappa shape index (κ1) is 15.3. The zero-order valence-electron chi connectivity index (χ0n) is 11.1. The van der Waals surface area contributed by atoms with Gasteiger partial charge in [-0.3, -0.25) is 4.79 Å². The summed E-state index contributed by atoms with van der Waals surface area (Å²) in [6.07, 6.45) is 4.19. The normalized spacial score (nSPS) is 16.3. The third kappa shape index (κ3) is 6.09. The van der Waals surface area contributed by atoms with Crippen LogP contribution in [0.25, 0.3) is 10.4 Å². The first-order valence-electron chi connectivity index (χ1n) is 6.69. The van der Waals surface area contributed by atoms with Gasteiger partial charge in [-0.2, -0.15) is 5.26 Å². The number of azide groups is 1. The van der Waals surface area contributed by atoms with Crippen LogP contribution in [-0.4, -0.2) is 43.0 Å². The molecular formula is C12H20N6O. The van der Waals surface area contributed by atoms with Gasteiger partial charge in [-0.05, 0) is 37.8 Å². The van der Waals surface area contributed by atoms with E-state index in [1.165, 1.54) is 6.42 Å². The van der Waals surface area contributed by atoms with Crippen molar-refractivity contribution < 1.29 is 4.79 Å². The molecular weight excluding hydrogens is 244 g/mol. The summed E-state index contributed by atoms with van der Waals surface area (Å²) < 4.78 is 0. The summed E-state index contributed by atoms with van der Waals surface area (Å²) in [5.74, 6) is 0.0498. The maximum absolute atomic E-state index is 12.0. The fourth-order valence-electron chi connectivity index (χ4n) is 2.08. The predicted molar refractivity (Wildman–Crippen MR) is 71.1 cm³/mol. The molecule has 7 heteroatoms. The highest BCUT2D eigenvalue weighted by Gasteiger charge is 2.20. The number of nitriles is 1. The van der Waals surface area contributed by atoms with Crippen molar-refractivity contribution in [3.63, 3.8) is 0 Å². The minimum Gasteiger partial charge on any atom is -0.343 e. The van der Waals surface area contributed by atoms with E-state index in [0.29, 0.717) is 19.5 Å². The number of carbonyl (C=O) groups is 1. The SMILES string of the molecule is N#CC(CC(=O)N1CCCCC1)NCCCN=[N+]=[N-]. The van der Waals surface area contributed by atoms with Gasteiger partial charge in [0, 0.05) is 24.5 Å². The van der Waals surface area contributed by atoms with E-state index < -0.39 is 6.04 Å². The summed E-state index contributed by atoms with van der Waals surface area (Å²) in [6.45, 7) is 2.61. The van der Waals surface area contributed by atoms with E-state index in [1.54, 1.807) is 0 Å². The summed E-state index contributed by atoms with van der Waals surface area (Å²) in [5.41, 5.74) is 8.12. The van der Waals surface area contributed by atoms with E-state index in [1.807, 2.05) is 4.90 Å². The Morgan fingerprint density at radius 3 is 2.84 bits per heavy atom. The van der Waals surface area contributed by atoms with Gasteiger partial charge in [0.25, 0.3) is 0 Å². The number of nitrogens with one attached hydrogen (secondary N) is 1. The van der Waals surface area contributed by atoms with Gasteiger partial charge in [0.05, 0.1) is 12.5 Å². The monoisotopic (exact) mass is 264 g/mol. The maximum Gasteiger partial charge on any atom is 0.225 e. The van der Waals surface area contributed by atoms with Crippen molar-refractivity contribution in [2.24, 2.45) is 5.11 Å². The van der Waals surface area contributed by atoms with E-state index in [4.69, 9.17) is 10.8 Å². The molecule has 0 aromatic rings. The van der Waals surface area contributed by atoms with Crippen molar-refractivity contribution in [3.8, 4) is 6.07 Å². The molecule has 104 valence electrons. The van der Waals surface area contributed by atoms with Crippen molar-refractivity contribution in [2.45, 2.75) is 38.1 Å². The van der Waals surface area contributed by atoms with Crippen LogP contribution in [0.5, 0.6) is 0 Å². The molecule has 1 aliphatic heterocycles. The van der Waals surface area contributed by atoms with Crippen LogP contribution in [0.15, 0.2) is 5.11 Å². The zero-order valence-corrected chi connectivity index (χ0v) is 11.1. The fourth-order valence-corrected chi connectivity index (χ4v) is 2.08. The van der Waals surface area contributed by atoms with Gasteiger partial charge < -0.3 is 10.2 Å². The first-order valence-corrected chi connectivity index (χ1v) is 6.69. The van der Waals surface area contributed by atoms with Gasteiger partial charge in [0.2, 0.25) is 5.91 Å². The topological polar surface area (TPSA) is 105 Å². The molecule has 0 aromatic carbocycles. The van der Waals surface area contributed by atoms with E-state index >= 15 is 0 Å². The molecule has 1 fully saturated rings. The minimum absolute atomic E-state index is 0.0498. The van der Waals surface area contributed by atoms with Crippen LogP contribution in [0.2, 0.25) is 0 Å². The molecule has 1 atom stereocenters. The third-order valence-electron chi connectivity index (χ3n) is 3.13. The Hall–Kier alpha value is -1.77. The van der Waals surface area contributed by atoms with E-state index in [0.717, 1.165) is 25.9 Å².